The topological polar surface area (TPSA) is 24.7 Å². The van der Waals surface area contributed by atoms with E-state index in [-0.39, 0.29) is 0 Å². The Balaban J connectivity index is 2.60. The standard InChI is InChI=1S/C4H4N2S/c1-2-4-6-7-5-3-1/h1-4H. The first-order chi connectivity index (χ1) is 3.50. The Labute approximate surface area is 46.3 Å². The second-order valence-corrected chi connectivity index (χ2v) is 1.56. The Bertz CT molecular complexity index is 112. The van der Waals surface area contributed by atoms with Crippen LogP contribution in [0.4, 0.5) is 0 Å². The summed E-state index contributed by atoms with van der Waals surface area (Å²) in [7, 11) is 0. The summed E-state index contributed by atoms with van der Waals surface area (Å²) in [4.78, 5) is 0. The molecule has 1 heterocycles. The molecule has 1 aliphatic heterocycles. The van der Waals surface area contributed by atoms with Gasteiger partial charge in [-0.2, -0.15) is 0 Å². The molecule has 36 valence electrons. The van der Waals surface area contributed by atoms with Crippen LogP contribution in [-0.4, -0.2) is 12.4 Å². The van der Waals surface area contributed by atoms with Crippen LogP contribution in [0.5, 0.6) is 0 Å². The smallest absolute Gasteiger partial charge is 0.115 e. The largest absolute Gasteiger partial charge is 0.202 e. The zero-order valence-electron chi connectivity index (χ0n) is 3.61. The van der Waals surface area contributed by atoms with Gasteiger partial charge in [0, 0.05) is 12.4 Å². The molecule has 0 aromatic heterocycles. The minimum absolute atomic E-state index is 1.19. The lowest BCUT2D eigenvalue weighted by molar-refractivity contribution is 1.89. The average molecular weight is 112 g/mol. The molecule has 1 aliphatic rings. The van der Waals surface area contributed by atoms with E-state index in [0.29, 0.717) is 0 Å². The molecule has 2 nitrogen and oxygen atoms in total. The fraction of sp³-hybridized carbons (Fsp3) is 0. The van der Waals surface area contributed by atoms with Crippen LogP contribution in [0.15, 0.2) is 20.9 Å². The second kappa shape index (κ2) is 2.58. The third kappa shape index (κ3) is 1.55. The fourth-order valence-corrected chi connectivity index (χ4v) is 0.555. The third-order valence-corrected chi connectivity index (χ3v) is 0.931. The van der Waals surface area contributed by atoms with Crippen LogP contribution in [-0.2, 0) is 0 Å². The van der Waals surface area contributed by atoms with Gasteiger partial charge < -0.3 is 0 Å². The van der Waals surface area contributed by atoms with E-state index in [9.17, 15) is 0 Å². The highest BCUT2D eigenvalue weighted by atomic mass is 32.2. The number of hydrogen-bond acceptors (Lipinski definition) is 3. The molecule has 3 heteroatoms. The van der Waals surface area contributed by atoms with Crippen molar-refractivity contribution >= 4 is 24.6 Å². The zero-order chi connectivity index (χ0) is 4.95. The minimum Gasteiger partial charge on any atom is -0.202 e. The predicted molar refractivity (Wildman–Crippen MR) is 33.7 cm³/mol. The summed E-state index contributed by atoms with van der Waals surface area (Å²) in [5.74, 6) is 0. The van der Waals surface area contributed by atoms with Gasteiger partial charge in [-0.05, 0) is 12.2 Å². The molecule has 0 atom stereocenters. The van der Waals surface area contributed by atoms with Gasteiger partial charge in [-0.15, -0.1) is 0 Å². The molecule has 1 rings (SSSR count). The fourth-order valence-electron chi connectivity index (χ4n) is 0.251. The molecule has 0 spiro atoms. The number of rotatable bonds is 0. The lowest BCUT2D eigenvalue weighted by Crippen LogP contribution is -1.56. The monoisotopic (exact) mass is 112 g/mol. The molecule has 0 saturated carbocycles. The molecule has 0 aliphatic carbocycles. The molecular formula is C4H4N2S. The highest BCUT2D eigenvalue weighted by Crippen LogP contribution is 2.01. The van der Waals surface area contributed by atoms with Gasteiger partial charge >= 0.3 is 0 Å². The van der Waals surface area contributed by atoms with Gasteiger partial charge in [0.05, 0.1) is 0 Å². The summed E-state index contributed by atoms with van der Waals surface area (Å²) in [5, 5.41) is 0. The van der Waals surface area contributed by atoms with Crippen molar-refractivity contribution in [3.8, 4) is 0 Å². The first kappa shape index (κ1) is 4.59. The van der Waals surface area contributed by atoms with Crippen molar-refractivity contribution in [2.45, 2.75) is 0 Å². The van der Waals surface area contributed by atoms with Crippen molar-refractivity contribution in [2.75, 3.05) is 0 Å². The summed E-state index contributed by atoms with van der Waals surface area (Å²) < 4.78 is 7.56. The van der Waals surface area contributed by atoms with Crippen LogP contribution in [0.3, 0.4) is 0 Å². The van der Waals surface area contributed by atoms with Crippen molar-refractivity contribution in [2.24, 2.45) is 8.80 Å². The SMILES string of the molecule is C1=CC=NSN=C1. The van der Waals surface area contributed by atoms with Gasteiger partial charge in [0.1, 0.15) is 12.1 Å². The van der Waals surface area contributed by atoms with E-state index in [1.165, 1.54) is 12.1 Å². The Kier molecular flexibility index (Phi) is 1.69. The molecule has 0 fully saturated rings. The van der Waals surface area contributed by atoms with E-state index in [0.717, 1.165) is 0 Å². The highest BCUT2D eigenvalue weighted by Gasteiger charge is 1.73. The van der Waals surface area contributed by atoms with E-state index in [2.05, 4.69) is 8.80 Å². The molecular weight excluding hydrogens is 108 g/mol. The Hall–Kier alpha value is -0.570. The molecule has 0 saturated heterocycles. The second-order valence-electron chi connectivity index (χ2n) is 0.976. The van der Waals surface area contributed by atoms with Crippen molar-refractivity contribution in [3.05, 3.63) is 12.2 Å². The first-order valence-corrected chi connectivity index (χ1v) is 2.61. The van der Waals surface area contributed by atoms with Crippen LogP contribution in [0.1, 0.15) is 0 Å². The van der Waals surface area contributed by atoms with Crippen LogP contribution in [0.2, 0.25) is 0 Å². The van der Waals surface area contributed by atoms with Gasteiger partial charge in [0.2, 0.25) is 0 Å². The maximum absolute atomic E-state index is 3.78. The van der Waals surface area contributed by atoms with Gasteiger partial charge in [-0.3, -0.25) is 0 Å². The Morgan fingerprint density at radius 2 is 1.57 bits per heavy atom. The van der Waals surface area contributed by atoms with E-state index in [1.54, 1.807) is 12.4 Å². The number of allylic oxidation sites excluding steroid dienone is 2. The predicted octanol–water partition coefficient (Wildman–Crippen LogP) is 1.26. The van der Waals surface area contributed by atoms with Gasteiger partial charge in [-0.25, -0.2) is 8.80 Å². The third-order valence-electron chi connectivity index (χ3n) is 0.499. The highest BCUT2D eigenvalue weighted by molar-refractivity contribution is 7.97. The maximum Gasteiger partial charge on any atom is 0.115 e. The van der Waals surface area contributed by atoms with Crippen LogP contribution >= 0.6 is 12.1 Å². The minimum atomic E-state index is 1.19. The van der Waals surface area contributed by atoms with E-state index >= 15 is 0 Å². The quantitative estimate of drug-likeness (QED) is 0.433. The van der Waals surface area contributed by atoms with Crippen LogP contribution in [0.25, 0.3) is 0 Å². The van der Waals surface area contributed by atoms with Gasteiger partial charge in [-0.1, -0.05) is 0 Å². The van der Waals surface area contributed by atoms with E-state index in [1.807, 2.05) is 12.2 Å². The van der Waals surface area contributed by atoms with Gasteiger partial charge in [0.25, 0.3) is 0 Å². The summed E-state index contributed by atoms with van der Waals surface area (Å²) in [6.07, 6.45) is 7.09. The lowest BCUT2D eigenvalue weighted by Gasteiger charge is -1.69. The van der Waals surface area contributed by atoms with E-state index in [4.69, 9.17) is 0 Å². The van der Waals surface area contributed by atoms with Crippen molar-refractivity contribution in [1.82, 2.24) is 0 Å². The average Bonchev–Trinajstić information content (AvgIpc) is 1.90. The van der Waals surface area contributed by atoms with Crippen molar-refractivity contribution in [1.29, 1.82) is 0 Å². The Morgan fingerprint density at radius 1 is 1.00 bits per heavy atom. The zero-order valence-corrected chi connectivity index (χ0v) is 4.43. The first-order valence-electron chi connectivity index (χ1n) is 1.88. The van der Waals surface area contributed by atoms with E-state index < -0.39 is 0 Å². The van der Waals surface area contributed by atoms with Crippen molar-refractivity contribution < 1.29 is 0 Å². The Morgan fingerprint density at radius 3 is 2.14 bits per heavy atom. The summed E-state index contributed by atoms with van der Waals surface area (Å²) in [6.45, 7) is 0. The molecule has 0 aromatic rings. The molecule has 0 unspecified atom stereocenters. The summed E-state index contributed by atoms with van der Waals surface area (Å²) in [5.41, 5.74) is 0. The molecule has 0 radical (unpaired) electrons. The molecule has 0 bridgehead atoms. The van der Waals surface area contributed by atoms with Crippen LogP contribution in [0, 0.1) is 0 Å². The summed E-state index contributed by atoms with van der Waals surface area (Å²) in [6, 6.07) is 0. The summed E-state index contributed by atoms with van der Waals surface area (Å²) >= 11 is 1.19. The molecule has 0 amide bonds. The normalized spacial score (nSPS) is 17.1. The maximum atomic E-state index is 3.78. The number of hydrogen-bond donors (Lipinski definition) is 0. The lowest BCUT2D eigenvalue weighted by atomic mass is 10.5. The molecule has 7 heavy (non-hydrogen) atoms. The molecule has 0 aromatic carbocycles. The van der Waals surface area contributed by atoms with Crippen molar-refractivity contribution in [3.63, 3.8) is 0 Å². The number of nitrogens with zero attached hydrogens (tertiary/aromatic N) is 2. The van der Waals surface area contributed by atoms with Crippen LogP contribution < -0.4 is 0 Å². The van der Waals surface area contributed by atoms with Gasteiger partial charge in [0.15, 0.2) is 0 Å². The molecule has 0 N–H and O–H groups in total.